The number of rotatable bonds is 4. The van der Waals surface area contributed by atoms with Gasteiger partial charge in [0.25, 0.3) is 5.56 Å². The van der Waals surface area contributed by atoms with E-state index in [4.69, 9.17) is 4.74 Å². The van der Waals surface area contributed by atoms with E-state index in [1.807, 2.05) is 47.0 Å². The number of fused-ring (bicyclic) bond motifs is 1. The summed E-state index contributed by atoms with van der Waals surface area (Å²) in [5.74, 6) is 0.514. The van der Waals surface area contributed by atoms with Crippen LogP contribution in [-0.2, 0) is 18.9 Å². The Balaban J connectivity index is 2.09. The van der Waals surface area contributed by atoms with Gasteiger partial charge in [-0.2, -0.15) is 0 Å². The Labute approximate surface area is 177 Å². The normalized spacial score (nSPS) is 11.0. The Morgan fingerprint density at radius 3 is 2.35 bits per heavy atom. The number of amides is 1. The van der Waals surface area contributed by atoms with Gasteiger partial charge in [0.1, 0.15) is 5.75 Å². The lowest BCUT2D eigenvalue weighted by Gasteiger charge is -2.12. The van der Waals surface area contributed by atoms with Crippen molar-refractivity contribution in [3.8, 4) is 22.7 Å². The molecule has 158 valence electrons. The van der Waals surface area contributed by atoms with Crippen LogP contribution in [0.1, 0.15) is 6.92 Å². The number of aryl methyl sites for hydroxylation is 1. The number of methoxy groups -OCH3 is 1. The van der Waals surface area contributed by atoms with Crippen LogP contribution in [0.4, 0.5) is 5.69 Å². The quantitative estimate of drug-likeness (QED) is 0.552. The fraction of sp³-hybridized carbons (Fsp3) is 0.174. The number of anilines is 1. The summed E-state index contributed by atoms with van der Waals surface area (Å²) in [5, 5.41) is 3.20. The second-order valence-electron chi connectivity index (χ2n) is 7.27. The van der Waals surface area contributed by atoms with Gasteiger partial charge < -0.3 is 14.6 Å². The number of nitrogens with zero attached hydrogens (tertiary/aromatic N) is 3. The Morgan fingerprint density at radius 2 is 1.71 bits per heavy atom. The van der Waals surface area contributed by atoms with Crippen LogP contribution in [0.2, 0.25) is 0 Å². The minimum absolute atomic E-state index is 0.179. The second kappa shape index (κ2) is 7.64. The summed E-state index contributed by atoms with van der Waals surface area (Å²) in [6.45, 7) is 1.44. The van der Waals surface area contributed by atoms with Gasteiger partial charge in [0.15, 0.2) is 0 Å². The topological polar surface area (TPSA) is 87.3 Å². The van der Waals surface area contributed by atoms with Gasteiger partial charge in [0, 0.05) is 38.6 Å². The summed E-state index contributed by atoms with van der Waals surface area (Å²) in [6.07, 6.45) is 1.77. The average molecular weight is 418 g/mol. The molecular weight excluding hydrogens is 396 g/mol. The van der Waals surface area contributed by atoms with E-state index in [0.717, 1.165) is 15.8 Å². The molecule has 2 aromatic carbocycles. The molecule has 0 radical (unpaired) electrons. The van der Waals surface area contributed by atoms with Gasteiger partial charge in [-0.25, -0.2) is 4.79 Å². The summed E-state index contributed by atoms with van der Waals surface area (Å²) in [4.78, 5) is 37.1. The molecule has 0 saturated heterocycles. The van der Waals surface area contributed by atoms with E-state index in [9.17, 15) is 14.4 Å². The van der Waals surface area contributed by atoms with E-state index >= 15 is 0 Å². The molecule has 0 spiro atoms. The maximum atomic E-state index is 13.1. The minimum Gasteiger partial charge on any atom is -0.497 e. The zero-order chi connectivity index (χ0) is 22.3. The number of aromatic nitrogens is 3. The number of benzene rings is 2. The van der Waals surface area contributed by atoms with E-state index in [1.54, 1.807) is 26.4 Å². The standard InChI is InChI=1S/C23H22N4O4/c1-14(28)24-16-6-5-7-17(12-16)27-13-19-20(22(29)26(3)23(30)25(19)2)21(27)15-8-10-18(31-4)11-9-15/h5-13H,1-4H3,(H,24,28). The molecule has 2 heterocycles. The molecule has 0 aliphatic carbocycles. The summed E-state index contributed by atoms with van der Waals surface area (Å²) < 4.78 is 9.68. The first-order valence-corrected chi connectivity index (χ1v) is 9.65. The average Bonchev–Trinajstić information content (AvgIpc) is 3.17. The van der Waals surface area contributed by atoms with Crippen molar-refractivity contribution in [1.82, 2.24) is 13.7 Å². The first-order valence-electron chi connectivity index (χ1n) is 9.65. The molecule has 4 rings (SSSR count). The van der Waals surface area contributed by atoms with Gasteiger partial charge >= 0.3 is 5.69 Å². The van der Waals surface area contributed by atoms with Crippen molar-refractivity contribution in [2.24, 2.45) is 14.1 Å². The van der Waals surface area contributed by atoms with Crippen molar-refractivity contribution in [2.45, 2.75) is 6.92 Å². The second-order valence-corrected chi connectivity index (χ2v) is 7.27. The maximum absolute atomic E-state index is 13.1. The Morgan fingerprint density at radius 1 is 1.00 bits per heavy atom. The van der Waals surface area contributed by atoms with Gasteiger partial charge in [-0.05, 0) is 48.0 Å². The third-order valence-electron chi connectivity index (χ3n) is 5.25. The van der Waals surface area contributed by atoms with Gasteiger partial charge in [-0.1, -0.05) is 6.07 Å². The van der Waals surface area contributed by atoms with Crippen molar-refractivity contribution in [3.63, 3.8) is 0 Å². The van der Waals surface area contributed by atoms with Crippen molar-refractivity contribution < 1.29 is 9.53 Å². The zero-order valence-electron chi connectivity index (χ0n) is 17.7. The summed E-state index contributed by atoms with van der Waals surface area (Å²) in [6, 6.07) is 14.7. The molecule has 0 bridgehead atoms. The highest BCUT2D eigenvalue weighted by Crippen LogP contribution is 2.32. The van der Waals surface area contributed by atoms with E-state index in [-0.39, 0.29) is 11.5 Å². The van der Waals surface area contributed by atoms with E-state index in [1.165, 1.54) is 18.5 Å². The molecule has 0 saturated carbocycles. The molecule has 0 fully saturated rings. The molecule has 2 aromatic heterocycles. The van der Waals surface area contributed by atoms with Crippen LogP contribution in [0.15, 0.2) is 64.3 Å². The molecule has 8 nitrogen and oxygen atoms in total. The minimum atomic E-state index is -0.400. The Bertz CT molecular complexity index is 1430. The number of carbonyl (C=O) groups excluding carboxylic acids is 1. The summed E-state index contributed by atoms with van der Waals surface area (Å²) >= 11 is 0. The SMILES string of the molecule is COc1ccc(-c2c3c(=O)n(C)c(=O)n(C)c3cn2-c2cccc(NC(C)=O)c2)cc1. The first kappa shape index (κ1) is 20.2. The van der Waals surface area contributed by atoms with E-state index < -0.39 is 5.69 Å². The molecule has 0 aliphatic heterocycles. The molecule has 0 unspecified atom stereocenters. The summed E-state index contributed by atoms with van der Waals surface area (Å²) in [7, 11) is 4.70. The fourth-order valence-electron chi connectivity index (χ4n) is 3.71. The molecule has 1 N–H and O–H groups in total. The molecule has 0 aliphatic rings. The van der Waals surface area contributed by atoms with Gasteiger partial charge in [0.05, 0.1) is 23.7 Å². The van der Waals surface area contributed by atoms with Crippen LogP contribution in [0.5, 0.6) is 5.75 Å². The molecule has 0 atom stereocenters. The van der Waals surface area contributed by atoms with Crippen LogP contribution in [-0.4, -0.2) is 26.7 Å². The van der Waals surface area contributed by atoms with Gasteiger partial charge in [-0.3, -0.25) is 18.7 Å². The monoisotopic (exact) mass is 418 g/mol. The maximum Gasteiger partial charge on any atom is 0.330 e. The van der Waals surface area contributed by atoms with Crippen LogP contribution in [0, 0.1) is 0 Å². The van der Waals surface area contributed by atoms with Crippen molar-refractivity contribution in [1.29, 1.82) is 0 Å². The predicted molar refractivity (Wildman–Crippen MR) is 120 cm³/mol. The number of carbonyl (C=O) groups is 1. The van der Waals surface area contributed by atoms with E-state index in [2.05, 4.69) is 5.32 Å². The van der Waals surface area contributed by atoms with E-state index in [0.29, 0.717) is 28.0 Å². The molecule has 1 amide bonds. The number of hydrogen-bond donors (Lipinski definition) is 1. The smallest absolute Gasteiger partial charge is 0.330 e. The first-order chi connectivity index (χ1) is 14.8. The van der Waals surface area contributed by atoms with Gasteiger partial charge in [0.2, 0.25) is 5.91 Å². The van der Waals surface area contributed by atoms with Crippen LogP contribution >= 0.6 is 0 Å². The Hall–Kier alpha value is -4.07. The van der Waals surface area contributed by atoms with Crippen LogP contribution < -0.4 is 21.3 Å². The number of hydrogen-bond acceptors (Lipinski definition) is 4. The number of nitrogens with one attached hydrogen (secondary N) is 1. The van der Waals surface area contributed by atoms with Crippen LogP contribution in [0.3, 0.4) is 0 Å². The fourth-order valence-corrected chi connectivity index (χ4v) is 3.71. The zero-order valence-corrected chi connectivity index (χ0v) is 17.7. The number of ether oxygens (including phenoxy) is 1. The third kappa shape index (κ3) is 3.42. The Kier molecular flexibility index (Phi) is 4.98. The molecular formula is C23H22N4O4. The third-order valence-corrected chi connectivity index (χ3v) is 5.25. The van der Waals surface area contributed by atoms with Crippen molar-refractivity contribution >= 4 is 22.5 Å². The lowest BCUT2D eigenvalue weighted by molar-refractivity contribution is -0.114. The highest BCUT2D eigenvalue weighted by atomic mass is 16.5. The summed E-state index contributed by atoms with van der Waals surface area (Å²) in [5.41, 5.74) is 2.55. The molecule has 4 aromatic rings. The van der Waals surface area contributed by atoms with Crippen molar-refractivity contribution in [3.05, 3.63) is 75.6 Å². The lowest BCUT2D eigenvalue weighted by Crippen LogP contribution is -2.36. The van der Waals surface area contributed by atoms with Gasteiger partial charge in [-0.15, -0.1) is 0 Å². The molecule has 8 heteroatoms. The highest BCUT2D eigenvalue weighted by molar-refractivity contribution is 5.95. The molecule has 31 heavy (non-hydrogen) atoms. The lowest BCUT2D eigenvalue weighted by atomic mass is 10.1. The highest BCUT2D eigenvalue weighted by Gasteiger charge is 2.20. The van der Waals surface area contributed by atoms with Crippen molar-refractivity contribution in [2.75, 3.05) is 12.4 Å². The van der Waals surface area contributed by atoms with Crippen LogP contribution in [0.25, 0.3) is 27.8 Å². The predicted octanol–water partition coefficient (Wildman–Crippen LogP) is 2.66. The largest absolute Gasteiger partial charge is 0.497 e.